The van der Waals surface area contributed by atoms with Crippen molar-refractivity contribution in [2.24, 2.45) is 0 Å². The van der Waals surface area contributed by atoms with Crippen molar-refractivity contribution in [2.75, 3.05) is 6.61 Å². The zero-order chi connectivity index (χ0) is 41.3. The quantitative estimate of drug-likeness (QED) is 0.0352. The predicted molar refractivity (Wildman–Crippen MR) is 232 cm³/mol. The van der Waals surface area contributed by atoms with Crippen LogP contribution in [0.5, 0.6) is 0 Å². The standard InChI is InChI=1S/C35H74O14Si8/c1-10-17-26-50-38-51(27-18-11-2)41-54(30-21-14-5)43-52(39-50,28-19-12-3)45-56(32-23-16-7)46-53(40-50,29-20-13-4)44-55(42-51,31-22-15-6)48-57(47-54,49-56)33-24-25-37-35(36)34(8)9/h8,10-33H2,1-7,9H3. The van der Waals surface area contributed by atoms with Crippen LogP contribution in [-0.2, 0) is 58.9 Å². The first-order valence-corrected chi connectivity index (χ1v) is 37.9. The molecular weight excluding hydrogens is 869 g/mol. The van der Waals surface area contributed by atoms with Gasteiger partial charge in [0.1, 0.15) is 0 Å². The Kier molecular flexibility index (Phi) is 17.7. The van der Waals surface area contributed by atoms with Gasteiger partial charge in [-0.05, 0) is 58.3 Å². The fourth-order valence-electron chi connectivity index (χ4n) is 7.90. The van der Waals surface area contributed by atoms with Gasteiger partial charge in [-0.3, -0.25) is 0 Å². The second-order valence-corrected chi connectivity index (χ2v) is 41.2. The molecule has 0 aromatic heterocycles. The SMILES string of the molecule is C=C(C)C(=O)OCCC[Si]12O[Si]3(CCCC)O[Si]4(CCCC)O[Si]5(CCCC)O[Si](CCCC)(O3)O[Si](CCCC)(O[Si](CCCC)(O5)O[Si](CCCC)(O4)O1)O2. The summed E-state index contributed by atoms with van der Waals surface area (Å²) in [4.78, 5) is 12.6. The largest absolute Gasteiger partial charge is 0.479 e. The molecule has 6 fully saturated rings. The summed E-state index contributed by atoms with van der Waals surface area (Å²) in [6.45, 7) is 20.7. The Morgan fingerprint density at radius 3 is 0.702 bits per heavy atom. The normalized spacial score (nSPS) is 38.3. The van der Waals surface area contributed by atoms with E-state index in [9.17, 15) is 4.79 Å². The molecule has 0 saturated carbocycles. The van der Waals surface area contributed by atoms with Crippen molar-refractivity contribution in [3.8, 4) is 0 Å². The Hall–Kier alpha value is 0.465. The number of rotatable bonds is 26. The highest BCUT2D eigenvalue weighted by Crippen LogP contribution is 2.55. The van der Waals surface area contributed by atoms with Crippen LogP contribution in [0.25, 0.3) is 0 Å². The van der Waals surface area contributed by atoms with Gasteiger partial charge in [0.15, 0.2) is 0 Å². The van der Waals surface area contributed by atoms with Crippen LogP contribution in [0.1, 0.15) is 152 Å². The molecule has 0 unspecified atom stereocenters. The average Bonchev–Trinajstić information content (AvgIpc) is 3.14. The molecule has 57 heavy (non-hydrogen) atoms. The van der Waals surface area contributed by atoms with Crippen LogP contribution in [0.2, 0.25) is 48.4 Å². The molecule has 0 amide bonds. The van der Waals surface area contributed by atoms with Gasteiger partial charge >= 0.3 is 76.4 Å². The Labute approximate surface area is 352 Å². The summed E-state index contributed by atoms with van der Waals surface area (Å²) in [5.41, 5.74) is 0.339. The average molecular weight is 944 g/mol. The molecule has 0 aromatic carbocycles. The Morgan fingerprint density at radius 1 is 0.368 bits per heavy atom. The van der Waals surface area contributed by atoms with Crippen molar-refractivity contribution in [2.45, 2.75) is 200 Å². The first-order chi connectivity index (χ1) is 27.2. The maximum atomic E-state index is 12.6. The summed E-state index contributed by atoms with van der Waals surface area (Å²) < 4.78 is 98.3. The molecule has 0 spiro atoms. The number of hydrogen-bond acceptors (Lipinski definition) is 14. The first kappa shape index (κ1) is 48.5. The van der Waals surface area contributed by atoms with Crippen molar-refractivity contribution < 1.29 is 58.9 Å². The maximum Gasteiger partial charge on any atom is 0.479 e. The van der Waals surface area contributed by atoms with Gasteiger partial charge in [0, 0.05) is 53.9 Å². The fraction of sp³-hybridized carbons (Fsp3) is 0.914. The molecule has 14 nitrogen and oxygen atoms in total. The Bertz CT molecular complexity index is 1190. The number of ether oxygens (including phenoxy) is 1. The van der Waals surface area contributed by atoms with Gasteiger partial charge in [0.05, 0.1) is 6.61 Å². The van der Waals surface area contributed by atoms with Crippen molar-refractivity contribution >= 4 is 76.4 Å². The molecule has 0 radical (unpaired) electrons. The summed E-state index contributed by atoms with van der Waals surface area (Å²) in [6.07, 6.45) is 12.2. The highest BCUT2D eigenvalue weighted by atomic mass is 28.6. The maximum absolute atomic E-state index is 12.6. The molecule has 0 aliphatic carbocycles. The van der Waals surface area contributed by atoms with Gasteiger partial charge in [-0.15, -0.1) is 0 Å². The molecule has 6 aliphatic rings. The van der Waals surface area contributed by atoms with Gasteiger partial charge in [-0.1, -0.05) is 100.0 Å². The van der Waals surface area contributed by atoms with Crippen LogP contribution < -0.4 is 0 Å². The lowest BCUT2D eigenvalue weighted by Crippen LogP contribution is -2.88. The van der Waals surface area contributed by atoms with Crippen molar-refractivity contribution in [1.29, 1.82) is 0 Å². The third-order valence-electron chi connectivity index (χ3n) is 10.8. The third kappa shape index (κ3) is 11.7. The second kappa shape index (κ2) is 20.8. The fourth-order valence-corrected chi connectivity index (χ4v) is 59.5. The third-order valence-corrected chi connectivity index (χ3v) is 48.4. The number of hydrogen-bond donors (Lipinski definition) is 0. The van der Waals surface area contributed by atoms with Crippen molar-refractivity contribution in [3.63, 3.8) is 0 Å². The van der Waals surface area contributed by atoms with E-state index in [0.29, 0.717) is 60.3 Å². The molecule has 22 heteroatoms. The van der Waals surface area contributed by atoms with E-state index in [0.717, 1.165) is 89.9 Å². The van der Waals surface area contributed by atoms with E-state index in [1.807, 2.05) is 0 Å². The monoisotopic (exact) mass is 942 g/mol. The summed E-state index contributed by atoms with van der Waals surface area (Å²) in [5.74, 6) is -0.444. The molecule has 6 heterocycles. The lowest BCUT2D eigenvalue weighted by Gasteiger charge is -2.63. The Morgan fingerprint density at radius 2 is 0.544 bits per heavy atom. The van der Waals surface area contributed by atoms with Gasteiger partial charge in [0.25, 0.3) is 0 Å². The van der Waals surface area contributed by atoms with Gasteiger partial charge in [0.2, 0.25) is 0 Å². The summed E-state index contributed by atoms with van der Waals surface area (Å²) in [7, 11) is -31.1. The van der Waals surface area contributed by atoms with E-state index in [4.69, 9.17) is 54.1 Å². The topological polar surface area (TPSA) is 137 Å². The zero-order valence-corrected chi connectivity index (χ0v) is 44.4. The molecule has 6 rings (SSSR count). The second-order valence-electron chi connectivity index (χ2n) is 16.4. The van der Waals surface area contributed by atoms with Gasteiger partial charge in [-0.25, -0.2) is 4.79 Å². The van der Waals surface area contributed by atoms with Crippen LogP contribution in [0, 0.1) is 0 Å². The molecular formula is C35H74O14Si8. The molecule has 330 valence electrons. The van der Waals surface area contributed by atoms with Crippen LogP contribution in [0.15, 0.2) is 12.2 Å². The van der Waals surface area contributed by atoms with E-state index < -0.39 is 76.4 Å². The number of esters is 1. The summed E-state index contributed by atoms with van der Waals surface area (Å²) in [5, 5.41) is 0. The van der Waals surface area contributed by atoms with Gasteiger partial charge < -0.3 is 54.1 Å². The Balaban J connectivity index is 1.84. The predicted octanol–water partition coefficient (Wildman–Crippen LogP) is 9.87. The van der Waals surface area contributed by atoms with Crippen LogP contribution in [-0.4, -0.2) is 83.0 Å². The number of unbranched alkanes of at least 4 members (excludes halogenated alkanes) is 7. The smallest absolute Gasteiger partial charge is 0.462 e. The van der Waals surface area contributed by atoms with Crippen molar-refractivity contribution in [3.05, 3.63) is 12.2 Å². The molecule has 8 bridgehead atoms. The minimum atomic E-state index is -4.02. The van der Waals surface area contributed by atoms with E-state index in [2.05, 4.69) is 55.0 Å². The molecule has 0 atom stereocenters. The summed E-state index contributed by atoms with van der Waals surface area (Å²) >= 11 is 0. The minimum Gasteiger partial charge on any atom is -0.462 e. The van der Waals surface area contributed by atoms with Gasteiger partial charge in [-0.2, -0.15) is 0 Å². The highest BCUT2D eigenvalue weighted by molar-refractivity contribution is 7.03. The molecule has 6 saturated heterocycles. The van der Waals surface area contributed by atoms with Crippen LogP contribution in [0.4, 0.5) is 0 Å². The van der Waals surface area contributed by atoms with E-state index in [1.54, 1.807) is 6.92 Å². The van der Waals surface area contributed by atoms with Crippen LogP contribution in [0.3, 0.4) is 0 Å². The highest BCUT2D eigenvalue weighted by Gasteiger charge is 2.82. The van der Waals surface area contributed by atoms with Crippen molar-refractivity contribution in [1.82, 2.24) is 0 Å². The lowest BCUT2D eigenvalue weighted by atomic mass is 10.4. The zero-order valence-electron chi connectivity index (χ0n) is 36.4. The summed E-state index contributed by atoms with van der Waals surface area (Å²) in [6, 6.07) is 3.87. The number of carbonyl (C=O) groups excluding carboxylic acids is 1. The number of carbonyl (C=O) groups is 1. The lowest BCUT2D eigenvalue weighted by molar-refractivity contribution is -0.139. The minimum absolute atomic E-state index is 0.124. The molecule has 6 aliphatic heterocycles. The molecule has 0 aromatic rings. The van der Waals surface area contributed by atoms with E-state index >= 15 is 0 Å². The van der Waals surface area contributed by atoms with E-state index in [-0.39, 0.29) is 6.61 Å². The molecule has 0 N–H and O–H groups in total. The van der Waals surface area contributed by atoms with Crippen LogP contribution >= 0.6 is 0 Å². The van der Waals surface area contributed by atoms with E-state index in [1.165, 1.54) is 0 Å². The first-order valence-electron chi connectivity index (χ1n) is 22.5.